The standard InChI is InChI=1S/C21H22N4O3/c1-27-15-3-4-17-14(8-15)10-18(25-17)21(26)24-7-6-13-11-28-19-5-2-12(20(22)23)9-16(13)19/h2-5,8-10,13,25H,6-7,11H2,1H3,(H3,22,23)(H,24,26). The number of carbonyl (C=O) groups excluding carboxylic acids is 1. The van der Waals surface area contributed by atoms with Crippen molar-refractivity contribution in [2.24, 2.45) is 5.73 Å². The molecule has 0 fully saturated rings. The number of aromatic amines is 1. The summed E-state index contributed by atoms with van der Waals surface area (Å²) >= 11 is 0. The number of ether oxygens (including phenoxy) is 2. The predicted molar refractivity (Wildman–Crippen MR) is 107 cm³/mol. The predicted octanol–water partition coefficient (Wildman–Crippen LogP) is 2.76. The van der Waals surface area contributed by atoms with Crippen molar-refractivity contribution in [3.8, 4) is 11.5 Å². The normalized spacial score (nSPS) is 15.1. The van der Waals surface area contributed by atoms with Crippen LogP contribution in [-0.4, -0.2) is 37.0 Å². The van der Waals surface area contributed by atoms with Gasteiger partial charge in [-0.05, 0) is 48.9 Å². The number of amides is 1. The molecule has 5 N–H and O–H groups in total. The Balaban J connectivity index is 1.39. The zero-order chi connectivity index (χ0) is 19.7. The van der Waals surface area contributed by atoms with Gasteiger partial charge in [-0.3, -0.25) is 10.2 Å². The molecule has 144 valence electrons. The Labute approximate surface area is 162 Å². The number of fused-ring (bicyclic) bond motifs is 2. The summed E-state index contributed by atoms with van der Waals surface area (Å²) in [5, 5.41) is 11.5. The van der Waals surface area contributed by atoms with Gasteiger partial charge in [-0.25, -0.2) is 0 Å². The van der Waals surface area contributed by atoms with Crippen LogP contribution in [-0.2, 0) is 0 Å². The fourth-order valence-electron chi connectivity index (χ4n) is 3.50. The fourth-order valence-corrected chi connectivity index (χ4v) is 3.50. The van der Waals surface area contributed by atoms with Gasteiger partial charge in [0.05, 0.1) is 13.7 Å². The largest absolute Gasteiger partial charge is 0.497 e. The molecule has 4 rings (SSSR count). The Morgan fingerprint density at radius 3 is 2.96 bits per heavy atom. The van der Waals surface area contributed by atoms with Crippen LogP contribution in [0, 0.1) is 5.41 Å². The highest BCUT2D eigenvalue weighted by atomic mass is 16.5. The number of rotatable bonds is 6. The topological polar surface area (TPSA) is 113 Å². The zero-order valence-corrected chi connectivity index (χ0v) is 15.5. The van der Waals surface area contributed by atoms with Gasteiger partial charge in [0.25, 0.3) is 5.91 Å². The second kappa shape index (κ2) is 7.26. The second-order valence-corrected chi connectivity index (χ2v) is 6.85. The first-order chi connectivity index (χ1) is 13.5. The molecule has 2 heterocycles. The number of nitrogen functional groups attached to an aromatic ring is 1. The molecule has 7 nitrogen and oxygen atoms in total. The maximum atomic E-state index is 12.5. The molecule has 1 aliphatic rings. The number of nitrogens with two attached hydrogens (primary N) is 1. The zero-order valence-electron chi connectivity index (χ0n) is 15.5. The van der Waals surface area contributed by atoms with Gasteiger partial charge in [-0.2, -0.15) is 0 Å². The lowest BCUT2D eigenvalue weighted by Crippen LogP contribution is -2.26. The van der Waals surface area contributed by atoms with Crippen molar-refractivity contribution in [3.05, 3.63) is 59.3 Å². The van der Waals surface area contributed by atoms with Gasteiger partial charge in [0.1, 0.15) is 23.0 Å². The Morgan fingerprint density at radius 2 is 2.18 bits per heavy atom. The van der Waals surface area contributed by atoms with Crippen molar-refractivity contribution in [2.45, 2.75) is 12.3 Å². The number of hydrogen-bond donors (Lipinski definition) is 4. The number of carbonyl (C=O) groups is 1. The molecule has 0 spiro atoms. The van der Waals surface area contributed by atoms with E-state index in [-0.39, 0.29) is 17.7 Å². The minimum absolute atomic E-state index is 0.0391. The minimum atomic E-state index is -0.146. The molecule has 0 bridgehead atoms. The van der Waals surface area contributed by atoms with Crippen LogP contribution in [0.2, 0.25) is 0 Å². The van der Waals surface area contributed by atoms with Gasteiger partial charge in [0.2, 0.25) is 0 Å². The van der Waals surface area contributed by atoms with Crippen molar-refractivity contribution in [3.63, 3.8) is 0 Å². The van der Waals surface area contributed by atoms with E-state index in [9.17, 15) is 4.79 Å². The summed E-state index contributed by atoms with van der Waals surface area (Å²) in [6.45, 7) is 1.09. The van der Waals surface area contributed by atoms with E-state index < -0.39 is 0 Å². The number of hydrogen-bond acceptors (Lipinski definition) is 4. The number of H-pyrrole nitrogens is 1. The summed E-state index contributed by atoms with van der Waals surface area (Å²) in [5.74, 6) is 1.64. The third-order valence-corrected chi connectivity index (χ3v) is 5.05. The maximum Gasteiger partial charge on any atom is 0.267 e. The van der Waals surface area contributed by atoms with Crippen LogP contribution < -0.4 is 20.5 Å². The van der Waals surface area contributed by atoms with Crippen LogP contribution >= 0.6 is 0 Å². The van der Waals surface area contributed by atoms with Gasteiger partial charge < -0.3 is 25.5 Å². The number of benzene rings is 2. The van der Waals surface area contributed by atoms with Crippen LogP contribution in [0.4, 0.5) is 0 Å². The quantitative estimate of drug-likeness (QED) is 0.390. The molecule has 1 amide bonds. The van der Waals surface area contributed by atoms with Crippen molar-refractivity contribution in [1.29, 1.82) is 5.41 Å². The van der Waals surface area contributed by atoms with Crippen LogP contribution in [0.15, 0.2) is 42.5 Å². The summed E-state index contributed by atoms with van der Waals surface area (Å²) in [6, 6.07) is 13.0. The van der Waals surface area contributed by atoms with E-state index >= 15 is 0 Å². The molecule has 2 aromatic carbocycles. The van der Waals surface area contributed by atoms with E-state index in [2.05, 4.69) is 10.3 Å². The second-order valence-electron chi connectivity index (χ2n) is 6.85. The SMILES string of the molecule is COc1ccc2[nH]c(C(=O)NCCC3COc4ccc(C(=N)N)cc43)cc2c1. The van der Waals surface area contributed by atoms with Crippen molar-refractivity contribution in [2.75, 3.05) is 20.3 Å². The highest BCUT2D eigenvalue weighted by molar-refractivity contribution is 5.98. The van der Waals surface area contributed by atoms with Crippen LogP contribution in [0.1, 0.15) is 34.0 Å². The van der Waals surface area contributed by atoms with Crippen molar-refractivity contribution >= 4 is 22.6 Å². The lowest BCUT2D eigenvalue weighted by Gasteiger charge is -2.10. The minimum Gasteiger partial charge on any atom is -0.497 e. The summed E-state index contributed by atoms with van der Waals surface area (Å²) in [4.78, 5) is 15.6. The molecular weight excluding hydrogens is 356 g/mol. The van der Waals surface area contributed by atoms with Gasteiger partial charge in [-0.1, -0.05) is 0 Å². The number of amidine groups is 1. The molecule has 1 aliphatic heterocycles. The number of nitrogens with one attached hydrogen (secondary N) is 3. The average molecular weight is 378 g/mol. The van der Waals surface area contributed by atoms with Crippen molar-refractivity contribution in [1.82, 2.24) is 10.3 Å². The van der Waals surface area contributed by atoms with E-state index in [1.165, 1.54) is 0 Å². The summed E-state index contributed by atoms with van der Waals surface area (Å²) in [6.07, 6.45) is 0.744. The Bertz CT molecular complexity index is 1060. The van der Waals surface area contributed by atoms with Gasteiger partial charge >= 0.3 is 0 Å². The molecule has 0 aliphatic carbocycles. The third kappa shape index (κ3) is 3.38. The first kappa shape index (κ1) is 17.9. The molecule has 28 heavy (non-hydrogen) atoms. The van der Waals surface area contributed by atoms with Crippen LogP contribution in [0.5, 0.6) is 11.5 Å². The number of methoxy groups -OCH3 is 1. The molecule has 3 aromatic rings. The molecule has 1 aromatic heterocycles. The molecule has 0 saturated carbocycles. The highest BCUT2D eigenvalue weighted by Gasteiger charge is 2.24. The summed E-state index contributed by atoms with van der Waals surface area (Å²) < 4.78 is 10.9. The monoisotopic (exact) mass is 378 g/mol. The highest BCUT2D eigenvalue weighted by Crippen LogP contribution is 2.36. The average Bonchev–Trinajstić information content (AvgIpc) is 3.30. The van der Waals surface area contributed by atoms with E-state index in [0.29, 0.717) is 24.4 Å². The van der Waals surface area contributed by atoms with E-state index in [1.54, 1.807) is 13.2 Å². The smallest absolute Gasteiger partial charge is 0.267 e. The lowest BCUT2D eigenvalue weighted by molar-refractivity contribution is 0.0948. The van der Waals surface area contributed by atoms with Gasteiger partial charge in [-0.15, -0.1) is 0 Å². The summed E-state index contributed by atoms with van der Waals surface area (Å²) in [5.41, 5.74) is 8.72. The third-order valence-electron chi connectivity index (χ3n) is 5.05. The fraction of sp³-hybridized carbons (Fsp3) is 0.238. The van der Waals surface area contributed by atoms with E-state index in [1.807, 2.05) is 36.4 Å². The maximum absolute atomic E-state index is 12.5. The lowest BCUT2D eigenvalue weighted by atomic mass is 9.96. The first-order valence-electron chi connectivity index (χ1n) is 9.11. The molecule has 0 radical (unpaired) electrons. The van der Waals surface area contributed by atoms with E-state index in [4.69, 9.17) is 20.6 Å². The Hall–Kier alpha value is -3.48. The van der Waals surface area contributed by atoms with Crippen LogP contribution in [0.25, 0.3) is 10.9 Å². The number of aromatic nitrogens is 1. The first-order valence-corrected chi connectivity index (χ1v) is 9.11. The van der Waals surface area contributed by atoms with Crippen LogP contribution in [0.3, 0.4) is 0 Å². The molecule has 7 heteroatoms. The molecular formula is C21H22N4O3. The molecule has 1 unspecified atom stereocenters. The van der Waals surface area contributed by atoms with E-state index in [0.717, 1.165) is 34.4 Å². The molecule has 1 atom stereocenters. The Kier molecular flexibility index (Phi) is 4.65. The van der Waals surface area contributed by atoms with Gasteiger partial charge in [0.15, 0.2) is 0 Å². The Morgan fingerprint density at radius 1 is 1.32 bits per heavy atom. The van der Waals surface area contributed by atoms with Gasteiger partial charge in [0, 0.05) is 34.5 Å². The summed E-state index contributed by atoms with van der Waals surface area (Å²) in [7, 11) is 1.62. The van der Waals surface area contributed by atoms with Crippen molar-refractivity contribution < 1.29 is 14.3 Å². The molecule has 0 saturated heterocycles.